The molecule has 2 unspecified atom stereocenters. The van der Waals surface area contributed by atoms with Crippen LogP contribution in [0.5, 0.6) is 0 Å². The first-order chi connectivity index (χ1) is 7.13. The van der Waals surface area contributed by atoms with Crippen LogP contribution in [0.15, 0.2) is 0 Å². The normalized spacial score (nSPS) is 16.9. The molecule has 0 heterocycles. The fourth-order valence-electron chi connectivity index (χ4n) is 1.45. The topological polar surface area (TPSA) is 15.3 Å². The molecule has 0 amide bonds. The molecule has 2 atom stereocenters. The van der Waals surface area contributed by atoms with E-state index in [1.54, 1.807) is 0 Å². The molecule has 0 aliphatic carbocycles. The molecule has 0 aromatic rings. The molecule has 98 valence electrons. The number of nitrogens with zero attached hydrogens (tertiary/aromatic N) is 1. The van der Waals surface area contributed by atoms with E-state index >= 15 is 0 Å². The highest BCUT2D eigenvalue weighted by Gasteiger charge is 2.32. The summed E-state index contributed by atoms with van der Waals surface area (Å²) in [5, 5.41) is 3.24. The molecule has 0 rings (SSSR count). The van der Waals surface area contributed by atoms with E-state index in [0.717, 1.165) is 6.54 Å². The molecule has 5 heteroatoms. The minimum Gasteiger partial charge on any atom is -0.314 e. The Morgan fingerprint density at radius 3 is 2.00 bits per heavy atom. The van der Waals surface area contributed by atoms with Crippen LogP contribution in [0, 0.1) is 5.92 Å². The van der Waals surface area contributed by atoms with Crippen LogP contribution in [0.25, 0.3) is 0 Å². The van der Waals surface area contributed by atoms with Crippen molar-refractivity contribution in [2.24, 2.45) is 5.92 Å². The molecular weight excluding hydrogens is 217 g/mol. The van der Waals surface area contributed by atoms with Gasteiger partial charge in [0.15, 0.2) is 0 Å². The summed E-state index contributed by atoms with van der Waals surface area (Å²) in [7, 11) is 1.52. The van der Waals surface area contributed by atoms with Crippen molar-refractivity contribution in [1.82, 2.24) is 10.2 Å². The zero-order valence-electron chi connectivity index (χ0n) is 10.7. The molecule has 0 saturated heterocycles. The van der Waals surface area contributed by atoms with Crippen molar-refractivity contribution in [2.75, 3.05) is 20.1 Å². The lowest BCUT2D eigenvalue weighted by molar-refractivity contribution is -0.148. The van der Waals surface area contributed by atoms with Gasteiger partial charge in [0.25, 0.3) is 0 Å². The zero-order chi connectivity index (χ0) is 12.9. The van der Waals surface area contributed by atoms with Crippen molar-refractivity contribution in [2.45, 2.75) is 46.0 Å². The largest absolute Gasteiger partial charge is 0.401 e. The molecule has 0 saturated carbocycles. The minimum atomic E-state index is -4.12. The van der Waals surface area contributed by atoms with Gasteiger partial charge in [-0.1, -0.05) is 20.8 Å². The number of alkyl halides is 3. The van der Waals surface area contributed by atoms with Crippen molar-refractivity contribution < 1.29 is 13.2 Å². The molecule has 0 spiro atoms. The van der Waals surface area contributed by atoms with Gasteiger partial charge in [-0.25, -0.2) is 0 Å². The van der Waals surface area contributed by atoms with E-state index in [9.17, 15) is 13.2 Å². The summed E-state index contributed by atoms with van der Waals surface area (Å²) in [4.78, 5) is 1.35. The Morgan fingerprint density at radius 1 is 1.12 bits per heavy atom. The van der Waals surface area contributed by atoms with Crippen LogP contribution in [0.4, 0.5) is 13.2 Å². The number of nitrogens with one attached hydrogen (secondary N) is 1. The molecule has 0 aromatic heterocycles. The second-order valence-electron chi connectivity index (χ2n) is 4.81. The maximum Gasteiger partial charge on any atom is 0.401 e. The van der Waals surface area contributed by atoms with E-state index in [-0.39, 0.29) is 12.0 Å². The third-order valence-electron chi connectivity index (χ3n) is 2.80. The molecule has 0 bridgehead atoms. The molecule has 0 fully saturated rings. The van der Waals surface area contributed by atoms with Crippen LogP contribution in [0.2, 0.25) is 0 Å². The van der Waals surface area contributed by atoms with Gasteiger partial charge in [-0.2, -0.15) is 13.2 Å². The number of halogens is 3. The third-order valence-corrected chi connectivity index (χ3v) is 2.80. The Hall–Kier alpha value is -0.290. The third kappa shape index (κ3) is 7.06. The van der Waals surface area contributed by atoms with E-state index in [4.69, 9.17) is 0 Å². The maximum absolute atomic E-state index is 12.2. The highest BCUT2D eigenvalue weighted by Crippen LogP contribution is 2.19. The van der Waals surface area contributed by atoms with Gasteiger partial charge in [0.2, 0.25) is 0 Å². The lowest BCUT2D eigenvalue weighted by Gasteiger charge is -2.31. The number of hydrogen-bond donors (Lipinski definition) is 1. The van der Waals surface area contributed by atoms with Crippen LogP contribution < -0.4 is 5.32 Å². The van der Waals surface area contributed by atoms with Crippen molar-refractivity contribution in [3.63, 3.8) is 0 Å². The van der Waals surface area contributed by atoms with Crippen LogP contribution in [0.3, 0.4) is 0 Å². The summed E-state index contributed by atoms with van der Waals surface area (Å²) in [5.74, 6) is 0.190. The molecule has 0 aliphatic heterocycles. The molecule has 1 N–H and O–H groups in total. The Labute approximate surface area is 96.2 Å². The fraction of sp³-hybridized carbons (Fsp3) is 1.00. The molecule has 0 aromatic carbocycles. The van der Waals surface area contributed by atoms with Crippen molar-refractivity contribution in [3.8, 4) is 0 Å². The molecule has 0 aliphatic rings. The van der Waals surface area contributed by atoms with E-state index in [0.29, 0.717) is 6.04 Å². The lowest BCUT2D eigenvalue weighted by Crippen LogP contribution is -2.44. The molecule has 2 nitrogen and oxygen atoms in total. The highest BCUT2D eigenvalue weighted by molar-refractivity contribution is 4.74. The average Bonchev–Trinajstić information content (AvgIpc) is 2.10. The van der Waals surface area contributed by atoms with E-state index in [1.165, 1.54) is 11.9 Å². The van der Waals surface area contributed by atoms with E-state index < -0.39 is 12.7 Å². The SMILES string of the molecule is CC(C)NCC(C)C(C)N(C)CC(F)(F)F. The van der Waals surface area contributed by atoms with Crippen LogP contribution >= 0.6 is 0 Å². The Bertz CT molecular complexity index is 192. The van der Waals surface area contributed by atoms with Gasteiger partial charge < -0.3 is 5.32 Å². The minimum absolute atomic E-state index is 0.0899. The predicted octanol–water partition coefficient (Wildman–Crippen LogP) is 2.50. The van der Waals surface area contributed by atoms with E-state index in [1.807, 2.05) is 27.7 Å². The predicted molar refractivity (Wildman–Crippen MR) is 60.4 cm³/mol. The van der Waals surface area contributed by atoms with Crippen LogP contribution in [0.1, 0.15) is 27.7 Å². The number of rotatable bonds is 6. The first-order valence-electron chi connectivity index (χ1n) is 5.64. The highest BCUT2D eigenvalue weighted by atomic mass is 19.4. The first kappa shape index (κ1) is 15.7. The maximum atomic E-state index is 12.2. The van der Waals surface area contributed by atoms with E-state index in [2.05, 4.69) is 5.32 Å². The van der Waals surface area contributed by atoms with Crippen LogP contribution in [-0.4, -0.2) is 43.3 Å². The van der Waals surface area contributed by atoms with Gasteiger partial charge in [-0.3, -0.25) is 4.90 Å². The number of hydrogen-bond acceptors (Lipinski definition) is 2. The first-order valence-corrected chi connectivity index (χ1v) is 5.64. The fourth-order valence-corrected chi connectivity index (χ4v) is 1.45. The Morgan fingerprint density at radius 2 is 1.62 bits per heavy atom. The second kappa shape index (κ2) is 6.45. The van der Waals surface area contributed by atoms with Gasteiger partial charge in [-0.05, 0) is 26.4 Å². The summed E-state index contributed by atoms with van der Waals surface area (Å²) in [6.45, 7) is 7.74. The Kier molecular flexibility index (Phi) is 6.33. The van der Waals surface area contributed by atoms with Gasteiger partial charge >= 0.3 is 6.18 Å². The average molecular weight is 240 g/mol. The summed E-state index contributed by atoms with van der Waals surface area (Å²) in [6.07, 6.45) is -4.12. The zero-order valence-corrected chi connectivity index (χ0v) is 10.7. The van der Waals surface area contributed by atoms with Gasteiger partial charge in [-0.15, -0.1) is 0 Å². The lowest BCUT2D eigenvalue weighted by atomic mass is 10.0. The molecular formula is C11H23F3N2. The smallest absolute Gasteiger partial charge is 0.314 e. The quantitative estimate of drug-likeness (QED) is 0.767. The van der Waals surface area contributed by atoms with Gasteiger partial charge in [0.1, 0.15) is 0 Å². The molecule has 0 radical (unpaired) electrons. The van der Waals surface area contributed by atoms with Gasteiger partial charge in [0, 0.05) is 12.1 Å². The monoisotopic (exact) mass is 240 g/mol. The second-order valence-corrected chi connectivity index (χ2v) is 4.81. The Balaban J connectivity index is 4.06. The standard InChI is InChI=1S/C11H23F3N2/c1-8(2)15-6-9(3)10(4)16(5)7-11(12,13)14/h8-10,15H,6-7H2,1-5H3. The van der Waals surface area contributed by atoms with Gasteiger partial charge in [0.05, 0.1) is 6.54 Å². The van der Waals surface area contributed by atoms with Crippen molar-refractivity contribution in [1.29, 1.82) is 0 Å². The van der Waals surface area contributed by atoms with Crippen molar-refractivity contribution >= 4 is 0 Å². The summed E-state index contributed by atoms with van der Waals surface area (Å²) in [6, 6.07) is 0.274. The van der Waals surface area contributed by atoms with Crippen LogP contribution in [-0.2, 0) is 0 Å². The van der Waals surface area contributed by atoms with Crippen molar-refractivity contribution in [3.05, 3.63) is 0 Å². The molecule has 16 heavy (non-hydrogen) atoms. The summed E-state index contributed by atoms with van der Waals surface area (Å²) >= 11 is 0. The summed E-state index contributed by atoms with van der Waals surface area (Å²) < 4.78 is 36.6. The summed E-state index contributed by atoms with van der Waals surface area (Å²) in [5.41, 5.74) is 0.